The number of alkyl carbamates (subject to hydrolysis) is 1. The van der Waals surface area contributed by atoms with Crippen molar-refractivity contribution in [1.82, 2.24) is 30.0 Å². The van der Waals surface area contributed by atoms with Gasteiger partial charge < -0.3 is 30.5 Å². The van der Waals surface area contributed by atoms with Gasteiger partial charge >= 0.3 is 12.1 Å². The Bertz CT molecular complexity index is 1500. The van der Waals surface area contributed by atoms with Crippen molar-refractivity contribution in [2.75, 3.05) is 32.8 Å². The number of likely N-dealkylation sites (tertiary alicyclic amines) is 1. The van der Waals surface area contributed by atoms with E-state index in [0.717, 1.165) is 23.6 Å². The number of esters is 1. The summed E-state index contributed by atoms with van der Waals surface area (Å²) in [5, 5.41) is 22.8. The lowest BCUT2D eigenvalue weighted by Crippen LogP contribution is -2.53. The Balaban J connectivity index is 1.47. The Morgan fingerprint density at radius 2 is 2.00 bits per heavy atom. The molecule has 2 heterocycles. The van der Waals surface area contributed by atoms with Gasteiger partial charge in [0.1, 0.15) is 42.5 Å². The highest BCUT2D eigenvalue weighted by molar-refractivity contribution is 6.38. The highest BCUT2D eigenvalue weighted by Gasteiger charge is 2.40. The fraction of sp³-hybridized carbons (Fsp3) is 0.531. The zero-order chi connectivity index (χ0) is 36.2. The number of amides is 2. The number of aromatic nitrogens is 3. The summed E-state index contributed by atoms with van der Waals surface area (Å²) in [5.41, 5.74) is 2.92. The lowest BCUT2D eigenvalue weighted by Gasteiger charge is -2.35. The van der Waals surface area contributed by atoms with Gasteiger partial charge in [-0.05, 0) is 38.2 Å². The van der Waals surface area contributed by atoms with Crippen LogP contribution in [-0.4, -0.2) is 99.1 Å². The van der Waals surface area contributed by atoms with Crippen LogP contribution in [0.1, 0.15) is 58.4 Å². The predicted octanol–water partition coefficient (Wildman–Crippen LogP) is 2.21. The molecule has 15 nitrogen and oxygen atoms in total. The lowest BCUT2D eigenvalue weighted by molar-refractivity contribution is -0.161. The number of ketones is 1. The van der Waals surface area contributed by atoms with Crippen LogP contribution in [0.25, 0.3) is 0 Å². The van der Waals surface area contributed by atoms with E-state index in [-0.39, 0.29) is 37.4 Å². The molecule has 1 aromatic heterocycles. The number of nitrogens with zero attached hydrogens (tertiary/aromatic N) is 6. The number of benzene rings is 1. The molecule has 2 atom stereocenters. The van der Waals surface area contributed by atoms with Crippen molar-refractivity contribution in [3.8, 4) is 0 Å². The largest absolute Gasteiger partial charge is 0.464 e. The van der Waals surface area contributed by atoms with Crippen molar-refractivity contribution in [2.45, 2.75) is 71.1 Å². The van der Waals surface area contributed by atoms with Crippen LogP contribution in [-0.2, 0) is 36.0 Å². The molecular weight excluding hydrogens is 646 g/mol. The Morgan fingerprint density at radius 3 is 2.65 bits per heavy atom. The molecule has 1 aliphatic rings. The molecule has 0 saturated carbocycles. The second-order valence-corrected chi connectivity index (χ2v) is 12.3. The number of hydrogen-bond acceptors (Lipinski definition) is 12. The summed E-state index contributed by atoms with van der Waals surface area (Å²) >= 11 is 0. The number of aliphatic hydroxyl groups is 1. The maximum absolute atomic E-state index is 14.7. The van der Waals surface area contributed by atoms with E-state index in [1.165, 1.54) is 28.4 Å². The second kappa shape index (κ2) is 17.5. The van der Waals surface area contributed by atoms with Gasteiger partial charge in [-0.1, -0.05) is 26.8 Å². The van der Waals surface area contributed by atoms with Crippen molar-refractivity contribution < 1.29 is 42.5 Å². The van der Waals surface area contributed by atoms with Gasteiger partial charge in [-0.3, -0.25) is 14.6 Å². The average Bonchev–Trinajstić information content (AvgIpc) is 3.58. The molecule has 17 heteroatoms. The summed E-state index contributed by atoms with van der Waals surface area (Å²) < 4.78 is 40.0. The third-order valence-corrected chi connectivity index (χ3v) is 8.18. The van der Waals surface area contributed by atoms with E-state index in [1.54, 1.807) is 13.8 Å². The number of nitrogens with one attached hydrogen (secondary N) is 1. The Morgan fingerprint density at radius 1 is 1.24 bits per heavy atom. The van der Waals surface area contributed by atoms with E-state index >= 15 is 0 Å². The normalized spacial score (nSPS) is 16.3. The summed E-state index contributed by atoms with van der Waals surface area (Å²) in [6.45, 7) is 7.94. The van der Waals surface area contributed by atoms with Crippen LogP contribution in [0, 0.1) is 17.0 Å². The number of carbonyl (C=O) groups excluding carboxylic acids is 4. The van der Waals surface area contributed by atoms with Crippen molar-refractivity contribution in [2.24, 2.45) is 16.3 Å². The average molecular weight is 691 g/mol. The number of rotatable bonds is 17. The summed E-state index contributed by atoms with van der Waals surface area (Å²) in [4.78, 5) is 55.7. The summed E-state index contributed by atoms with van der Waals surface area (Å²) in [6.07, 6.45) is 5.47. The summed E-state index contributed by atoms with van der Waals surface area (Å²) in [7, 11) is 0. The van der Waals surface area contributed by atoms with Crippen LogP contribution in [0.2, 0.25) is 0 Å². The number of piperidine rings is 1. The van der Waals surface area contributed by atoms with Crippen molar-refractivity contribution in [3.63, 3.8) is 0 Å². The molecule has 49 heavy (non-hydrogen) atoms. The van der Waals surface area contributed by atoms with Crippen LogP contribution in [0.5, 0.6) is 0 Å². The monoisotopic (exact) mass is 690 g/mol. The lowest BCUT2D eigenvalue weighted by atomic mass is 9.84. The molecule has 3 rings (SSSR count). The molecule has 1 aliphatic heterocycles. The molecule has 0 bridgehead atoms. The quantitative estimate of drug-likeness (QED) is 0.0724. The Hall–Kier alpha value is -4.93. The molecule has 1 saturated heterocycles. The van der Waals surface area contributed by atoms with Crippen LogP contribution in [0.15, 0.2) is 47.9 Å². The third-order valence-electron chi connectivity index (χ3n) is 8.18. The van der Waals surface area contributed by atoms with Gasteiger partial charge in [0.25, 0.3) is 5.91 Å². The predicted molar refractivity (Wildman–Crippen MR) is 172 cm³/mol. The van der Waals surface area contributed by atoms with Gasteiger partial charge in [0, 0.05) is 43.1 Å². The first kappa shape index (κ1) is 38.5. The first-order valence-electron chi connectivity index (χ1n) is 15.8. The number of hydrogen-bond donors (Lipinski definition) is 3. The standard InChI is InChI=1S/C32H44F2N8O7/c1-5-31(2,3)27(43)28(44)42-13-7-6-9-26(42)29(45)48-14-8-12-38-30(46)49-17-23(35)16-40(36-4)18-32(47,19-41-21-37-20-39-41)24-11-10-22(33)15-25(24)34/h10-11,15-16,20-21,26,47H,4-9,12-14,17-19,35H2,1-3H3,(H,38,46)/b23-16-. The Labute approximate surface area is 283 Å². The minimum absolute atomic E-state index is 0.00782. The maximum Gasteiger partial charge on any atom is 0.407 e. The SMILES string of the molecule is C=NN(/C=C(\N)COC(=O)NCCCOC(=O)C1CCCCN1C(=O)C(=O)C(C)(C)CC)CC(O)(Cn1cncn1)c1ccc(F)cc1F. The van der Waals surface area contributed by atoms with Gasteiger partial charge in [-0.25, -0.2) is 28.0 Å². The van der Waals surface area contributed by atoms with E-state index in [9.17, 15) is 33.1 Å². The van der Waals surface area contributed by atoms with E-state index in [1.807, 2.05) is 6.92 Å². The number of halogens is 2. The fourth-order valence-corrected chi connectivity index (χ4v) is 5.03. The molecule has 0 spiro atoms. The molecule has 2 unspecified atom stereocenters. The second-order valence-electron chi connectivity index (χ2n) is 12.3. The molecule has 1 fully saturated rings. The summed E-state index contributed by atoms with van der Waals surface area (Å²) in [5.74, 6) is -3.64. The van der Waals surface area contributed by atoms with E-state index < -0.39 is 65.6 Å². The van der Waals surface area contributed by atoms with Gasteiger partial charge in [-0.15, -0.1) is 0 Å². The number of ether oxygens (including phenoxy) is 2. The van der Waals surface area contributed by atoms with E-state index in [0.29, 0.717) is 31.9 Å². The molecule has 268 valence electrons. The van der Waals surface area contributed by atoms with E-state index in [2.05, 4.69) is 27.2 Å². The van der Waals surface area contributed by atoms with Gasteiger partial charge in [0.05, 0.1) is 25.4 Å². The molecule has 0 radical (unpaired) electrons. The minimum atomic E-state index is -2.00. The van der Waals surface area contributed by atoms with Crippen molar-refractivity contribution in [3.05, 3.63) is 59.9 Å². The fourth-order valence-electron chi connectivity index (χ4n) is 5.03. The number of hydrazone groups is 1. The zero-order valence-corrected chi connectivity index (χ0v) is 27.9. The first-order valence-corrected chi connectivity index (χ1v) is 15.8. The van der Waals surface area contributed by atoms with Gasteiger partial charge in [0.2, 0.25) is 5.78 Å². The number of Topliss-reactive ketones (excluding diaryl/α,β-unsaturated/α-hetero) is 1. The van der Waals surface area contributed by atoms with Crippen LogP contribution < -0.4 is 11.1 Å². The van der Waals surface area contributed by atoms with Crippen LogP contribution in [0.3, 0.4) is 0 Å². The van der Waals surface area contributed by atoms with E-state index in [4.69, 9.17) is 15.2 Å². The molecule has 1 aromatic carbocycles. The minimum Gasteiger partial charge on any atom is -0.464 e. The topological polar surface area (TPSA) is 195 Å². The highest BCUT2D eigenvalue weighted by atomic mass is 19.1. The maximum atomic E-state index is 14.7. The summed E-state index contributed by atoms with van der Waals surface area (Å²) in [6, 6.07) is 1.90. The molecule has 2 amide bonds. The van der Waals surface area contributed by atoms with Gasteiger partial charge in [-0.2, -0.15) is 10.2 Å². The van der Waals surface area contributed by atoms with Crippen LogP contribution in [0.4, 0.5) is 13.6 Å². The van der Waals surface area contributed by atoms with Crippen molar-refractivity contribution in [1.29, 1.82) is 0 Å². The molecule has 0 aliphatic carbocycles. The van der Waals surface area contributed by atoms with Crippen molar-refractivity contribution >= 4 is 30.5 Å². The van der Waals surface area contributed by atoms with Crippen LogP contribution >= 0.6 is 0 Å². The molecule has 2 aromatic rings. The highest BCUT2D eigenvalue weighted by Crippen LogP contribution is 2.29. The Kier molecular flexibility index (Phi) is 13.7. The number of nitrogens with two attached hydrogens (primary N) is 1. The zero-order valence-electron chi connectivity index (χ0n) is 27.9. The number of carbonyl (C=O) groups is 4. The van der Waals surface area contributed by atoms with Gasteiger partial charge in [0.15, 0.2) is 0 Å². The molecular formula is C32H44F2N8O7. The third kappa shape index (κ3) is 10.8. The first-order chi connectivity index (χ1) is 23.2. The molecule has 4 N–H and O–H groups in total. The smallest absolute Gasteiger partial charge is 0.407 e.